The minimum Gasteiger partial charge on any atom is -0.448 e. The lowest BCUT2D eigenvalue weighted by atomic mass is 10.2. The van der Waals surface area contributed by atoms with E-state index in [1.165, 1.54) is 0 Å². The van der Waals surface area contributed by atoms with Crippen LogP contribution in [-0.2, 0) is 4.74 Å². The second kappa shape index (κ2) is 7.62. The number of nitrogens with one attached hydrogen (secondary N) is 2. The lowest BCUT2D eigenvalue weighted by molar-refractivity contribution is -0.385. The molecule has 21 heavy (non-hydrogen) atoms. The zero-order valence-electron chi connectivity index (χ0n) is 11.3. The number of primary amides is 1. The number of rotatable bonds is 7. The molecule has 10 heteroatoms. The lowest BCUT2D eigenvalue weighted by Gasteiger charge is -2.10. The molecule has 0 aromatic carbocycles. The summed E-state index contributed by atoms with van der Waals surface area (Å²) >= 11 is 0. The van der Waals surface area contributed by atoms with Crippen LogP contribution < -0.4 is 16.4 Å². The largest absolute Gasteiger partial charge is 0.448 e. The standard InChI is InChI=1S/C11H15N5O5/c1-2-13-9-8(5-7(6-15-9)16(19)20)10(17)14-3-4-21-11(12)18/h5-6H,2-4H2,1H3,(H2,12,18)(H,13,15)(H,14,17). The second-order valence-corrected chi connectivity index (χ2v) is 3.80. The second-order valence-electron chi connectivity index (χ2n) is 3.80. The molecule has 1 aromatic heterocycles. The normalized spacial score (nSPS) is 9.76. The van der Waals surface area contributed by atoms with Crippen molar-refractivity contribution in [3.05, 3.63) is 27.9 Å². The molecule has 0 unspecified atom stereocenters. The van der Waals surface area contributed by atoms with Gasteiger partial charge in [-0.2, -0.15) is 0 Å². The third-order valence-corrected chi connectivity index (χ3v) is 2.30. The predicted molar refractivity (Wildman–Crippen MR) is 72.9 cm³/mol. The van der Waals surface area contributed by atoms with Crippen LogP contribution in [0.2, 0.25) is 0 Å². The summed E-state index contributed by atoms with van der Waals surface area (Å²) in [6, 6.07) is 1.12. The van der Waals surface area contributed by atoms with Gasteiger partial charge in [-0.3, -0.25) is 14.9 Å². The van der Waals surface area contributed by atoms with Gasteiger partial charge in [0, 0.05) is 12.6 Å². The Hall–Kier alpha value is -2.91. The van der Waals surface area contributed by atoms with E-state index < -0.39 is 16.9 Å². The van der Waals surface area contributed by atoms with Crippen LogP contribution in [0.3, 0.4) is 0 Å². The summed E-state index contributed by atoms with van der Waals surface area (Å²) in [7, 11) is 0. The van der Waals surface area contributed by atoms with Crippen LogP contribution in [0.25, 0.3) is 0 Å². The molecule has 1 rings (SSSR count). The fourth-order valence-electron chi connectivity index (χ4n) is 1.45. The molecule has 0 radical (unpaired) electrons. The zero-order valence-corrected chi connectivity index (χ0v) is 11.3. The van der Waals surface area contributed by atoms with E-state index in [1.54, 1.807) is 6.92 Å². The molecule has 0 bridgehead atoms. The van der Waals surface area contributed by atoms with Gasteiger partial charge < -0.3 is 21.1 Å². The molecule has 0 saturated carbocycles. The fraction of sp³-hybridized carbons (Fsp3) is 0.364. The van der Waals surface area contributed by atoms with Crippen molar-refractivity contribution in [2.45, 2.75) is 6.92 Å². The monoisotopic (exact) mass is 297 g/mol. The van der Waals surface area contributed by atoms with Crippen LogP contribution in [0.1, 0.15) is 17.3 Å². The number of ether oxygens (including phenoxy) is 1. The minimum absolute atomic E-state index is 0.0238. The SMILES string of the molecule is CCNc1ncc([N+](=O)[O-])cc1C(=O)NCCOC(N)=O. The summed E-state index contributed by atoms with van der Waals surface area (Å²) in [5.74, 6) is -0.341. The van der Waals surface area contributed by atoms with Gasteiger partial charge in [-0.05, 0) is 6.92 Å². The number of anilines is 1. The van der Waals surface area contributed by atoms with Crippen molar-refractivity contribution in [3.8, 4) is 0 Å². The molecule has 1 aromatic rings. The number of pyridine rings is 1. The predicted octanol–water partition coefficient (Wildman–Crippen LogP) is 0.247. The van der Waals surface area contributed by atoms with Crippen molar-refractivity contribution in [3.63, 3.8) is 0 Å². The highest BCUT2D eigenvalue weighted by atomic mass is 16.6. The average molecular weight is 297 g/mol. The molecule has 10 nitrogen and oxygen atoms in total. The summed E-state index contributed by atoms with van der Waals surface area (Å²) in [4.78, 5) is 36.3. The Kier molecular flexibility index (Phi) is 5.86. The van der Waals surface area contributed by atoms with Crippen LogP contribution in [0.5, 0.6) is 0 Å². The van der Waals surface area contributed by atoms with Gasteiger partial charge in [0.1, 0.15) is 18.6 Å². The molecule has 2 amide bonds. The maximum atomic E-state index is 12.0. The van der Waals surface area contributed by atoms with Crippen molar-refractivity contribution in [2.75, 3.05) is 25.0 Å². The molecule has 0 saturated heterocycles. The summed E-state index contributed by atoms with van der Waals surface area (Å²) in [5, 5.41) is 16.0. The molecule has 0 atom stereocenters. The van der Waals surface area contributed by atoms with Gasteiger partial charge in [-0.25, -0.2) is 9.78 Å². The van der Waals surface area contributed by atoms with Crippen LogP contribution in [-0.4, -0.2) is 41.6 Å². The van der Waals surface area contributed by atoms with E-state index in [-0.39, 0.29) is 30.2 Å². The van der Waals surface area contributed by atoms with Crippen molar-refractivity contribution in [2.24, 2.45) is 5.73 Å². The molecule has 114 valence electrons. The third kappa shape index (κ3) is 4.93. The lowest BCUT2D eigenvalue weighted by Crippen LogP contribution is -2.29. The summed E-state index contributed by atoms with van der Waals surface area (Å²) in [6.45, 7) is 2.22. The van der Waals surface area contributed by atoms with Gasteiger partial charge in [-0.1, -0.05) is 0 Å². The zero-order chi connectivity index (χ0) is 15.8. The van der Waals surface area contributed by atoms with Crippen LogP contribution in [0.4, 0.5) is 16.3 Å². The number of nitro groups is 1. The Morgan fingerprint density at radius 3 is 2.81 bits per heavy atom. The first-order chi connectivity index (χ1) is 9.95. The highest BCUT2D eigenvalue weighted by Crippen LogP contribution is 2.18. The van der Waals surface area contributed by atoms with E-state index in [4.69, 9.17) is 5.73 Å². The molecule has 0 aliphatic heterocycles. The maximum absolute atomic E-state index is 12.0. The molecular formula is C11H15N5O5. The fourth-order valence-corrected chi connectivity index (χ4v) is 1.45. The third-order valence-electron chi connectivity index (χ3n) is 2.30. The van der Waals surface area contributed by atoms with Crippen molar-refractivity contribution in [1.82, 2.24) is 10.3 Å². The van der Waals surface area contributed by atoms with Crippen molar-refractivity contribution >= 4 is 23.5 Å². The van der Waals surface area contributed by atoms with E-state index >= 15 is 0 Å². The smallest absolute Gasteiger partial charge is 0.404 e. The van der Waals surface area contributed by atoms with Crippen molar-refractivity contribution in [1.29, 1.82) is 0 Å². The highest BCUT2D eigenvalue weighted by molar-refractivity contribution is 5.99. The average Bonchev–Trinajstić information content (AvgIpc) is 2.43. The summed E-state index contributed by atoms with van der Waals surface area (Å²) in [5.41, 5.74) is 4.50. The van der Waals surface area contributed by atoms with Crippen LogP contribution in [0, 0.1) is 10.1 Å². The van der Waals surface area contributed by atoms with Gasteiger partial charge in [0.15, 0.2) is 0 Å². The number of amides is 2. The van der Waals surface area contributed by atoms with Crippen LogP contribution in [0.15, 0.2) is 12.3 Å². The molecule has 4 N–H and O–H groups in total. The van der Waals surface area contributed by atoms with E-state index in [0.717, 1.165) is 12.3 Å². The Morgan fingerprint density at radius 2 is 2.24 bits per heavy atom. The van der Waals surface area contributed by atoms with Gasteiger partial charge in [0.2, 0.25) is 0 Å². The first-order valence-corrected chi connectivity index (χ1v) is 6.04. The number of carbonyl (C=O) groups excluding carboxylic acids is 2. The highest BCUT2D eigenvalue weighted by Gasteiger charge is 2.17. The maximum Gasteiger partial charge on any atom is 0.404 e. The first kappa shape index (κ1) is 16.1. The molecule has 0 spiro atoms. The van der Waals surface area contributed by atoms with E-state index in [2.05, 4.69) is 20.4 Å². The topological polar surface area (TPSA) is 149 Å². The van der Waals surface area contributed by atoms with E-state index in [0.29, 0.717) is 6.54 Å². The van der Waals surface area contributed by atoms with Gasteiger partial charge in [0.05, 0.1) is 17.0 Å². The Bertz CT molecular complexity index is 548. The number of hydrogen-bond donors (Lipinski definition) is 3. The molecule has 0 fully saturated rings. The van der Waals surface area contributed by atoms with Crippen LogP contribution >= 0.6 is 0 Å². The number of carbonyl (C=O) groups is 2. The number of nitrogens with two attached hydrogens (primary N) is 1. The van der Waals surface area contributed by atoms with Crippen molar-refractivity contribution < 1.29 is 19.2 Å². The van der Waals surface area contributed by atoms with Gasteiger partial charge >= 0.3 is 6.09 Å². The Balaban J connectivity index is 2.81. The van der Waals surface area contributed by atoms with E-state index in [9.17, 15) is 19.7 Å². The number of aromatic nitrogens is 1. The summed E-state index contributed by atoms with van der Waals surface area (Å²) < 4.78 is 4.45. The minimum atomic E-state index is -0.949. The Labute approximate surface area is 119 Å². The number of hydrogen-bond acceptors (Lipinski definition) is 7. The summed E-state index contributed by atoms with van der Waals surface area (Å²) in [6.07, 6.45) is 0.111. The van der Waals surface area contributed by atoms with E-state index in [1.807, 2.05) is 0 Å². The molecule has 1 heterocycles. The molecule has 0 aliphatic carbocycles. The first-order valence-electron chi connectivity index (χ1n) is 6.04. The quantitative estimate of drug-likeness (QED) is 0.370. The molecular weight excluding hydrogens is 282 g/mol. The Morgan fingerprint density at radius 1 is 1.52 bits per heavy atom. The van der Waals surface area contributed by atoms with Gasteiger partial charge in [0.25, 0.3) is 11.6 Å². The van der Waals surface area contributed by atoms with Gasteiger partial charge in [-0.15, -0.1) is 0 Å². The number of nitrogens with zero attached hydrogens (tertiary/aromatic N) is 2. The molecule has 0 aliphatic rings.